The number of hydrogen-bond acceptors (Lipinski definition) is 4. The second-order valence-electron chi connectivity index (χ2n) is 6.63. The number of aryl methyl sites for hydroxylation is 2. The first-order valence-electron chi connectivity index (χ1n) is 8.61. The first-order valence-corrected chi connectivity index (χ1v) is 10.5. The van der Waals surface area contributed by atoms with E-state index in [2.05, 4.69) is 15.0 Å². The van der Waals surface area contributed by atoms with E-state index in [1.165, 1.54) is 18.2 Å². The number of hydrogen-bond donors (Lipinski definition) is 2. The minimum Gasteiger partial charge on any atom is -0.352 e. The molecule has 0 aliphatic heterocycles. The highest BCUT2D eigenvalue weighted by atomic mass is 32.2. The average Bonchev–Trinajstić information content (AvgIpc) is 2.90. The van der Waals surface area contributed by atoms with Crippen LogP contribution >= 0.6 is 0 Å². The Morgan fingerprint density at radius 1 is 1.21 bits per heavy atom. The Labute approximate surface area is 162 Å². The molecule has 28 heavy (non-hydrogen) atoms. The van der Waals surface area contributed by atoms with Crippen LogP contribution in [0.2, 0.25) is 0 Å². The molecule has 1 heterocycles. The van der Waals surface area contributed by atoms with Crippen molar-refractivity contribution in [3.05, 3.63) is 59.2 Å². The SMILES string of the molecule is Cc1ccc(C(=O)NCCc2nc3cc(F)ccc3n2C)cc1NS(C)(=O)=O. The molecule has 1 amide bonds. The molecule has 0 fully saturated rings. The molecule has 0 radical (unpaired) electrons. The molecule has 2 N–H and O–H groups in total. The fourth-order valence-corrected chi connectivity index (χ4v) is 3.53. The predicted molar refractivity (Wildman–Crippen MR) is 106 cm³/mol. The lowest BCUT2D eigenvalue weighted by molar-refractivity contribution is 0.0954. The van der Waals surface area contributed by atoms with Crippen molar-refractivity contribution in [2.75, 3.05) is 17.5 Å². The summed E-state index contributed by atoms with van der Waals surface area (Å²) >= 11 is 0. The summed E-state index contributed by atoms with van der Waals surface area (Å²) in [5.41, 5.74) is 2.82. The number of anilines is 1. The van der Waals surface area contributed by atoms with Crippen LogP contribution in [0.25, 0.3) is 11.0 Å². The number of fused-ring (bicyclic) bond motifs is 1. The third kappa shape index (κ3) is 4.48. The van der Waals surface area contributed by atoms with E-state index in [0.29, 0.717) is 35.3 Å². The van der Waals surface area contributed by atoms with Gasteiger partial charge < -0.3 is 9.88 Å². The summed E-state index contributed by atoms with van der Waals surface area (Å²) in [7, 11) is -1.59. The molecule has 0 spiro atoms. The third-order valence-corrected chi connectivity index (χ3v) is 4.96. The minimum absolute atomic E-state index is 0.318. The van der Waals surface area contributed by atoms with Crippen LogP contribution in [0.1, 0.15) is 21.7 Å². The number of rotatable bonds is 6. The van der Waals surface area contributed by atoms with Crippen LogP contribution in [-0.2, 0) is 23.5 Å². The molecule has 2 aromatic carbocycles. The summed E-state index contributed by atoms with van der Waals surface area (Å²) in [5, 5.41) is 2.80. The zero-order chi connectivity index (χ0) is 20.5. The molecule has 0 aliphatic carbocycles. The smallest absolute Gasteiger partial charge is 0.251 e. The van der Waals surface area contributed by atoms with Crippen LogP contribution in [0.5, 0.6) is 0 Å². The zero-order valence-corrected chi connectivity index (χ0v) is 16.6. The largest absolute Gasteiger partial charge is 0.352 e. The topological polar surface area (TPSA) is 93.1 Å². The fraction of sp³-hybridized carbons (Fsp3) is 0.263. The Balaban J connectivity index is 1.68. The molecule has 0 saturated heterocycles. The lowest BCUT2D eigenvalue weighted by Gasteiger charge is -2.10. The number of carbonyl (C=O) groups is 1. The van der Waals surface area contributed by atoms with Gasteiger partial charge in [-0.25, -0.2) is 17.8 Å². The summed E-state index contributed by atoms with van der Waals surface area (Å²) in [4.78, 5) is 16.8. The molecule has 0 bridgehead atoms. The van der Waals surface area contributed by atoms with Crippen LogP contribution in [0.4, 0.5) is 10.1 Å². The van der Waals surface area contributed by atoms with Gasteiger partial charge in [0, 0.05) is 31.6 Å². The average molecular weight is 404 g/mol. The van der Waals surface area contributed by atoms with Crippen molar-refractivity contribution in [3.63, 3.8) is 0 Å². The maximum Gasteiger partial charge on any atom is 0.251 e. The Bertz CT molecular complexity index is 1160. The highest BCUT2D eigenvalue weighted by Gasteiger charge is 2.12. The number of sulfonamides is 1. The molecule has 7 nitrogen and oxygen atoms in total. The van der Waals surface area contributed by atoms with Gasteiger partial charge >= 0.3 is 0 Å². The number of nitrogens with zero attached hydrogens (tertiary/aromatic N) is 2. The maximum absolute atomic E-state index is 13.3. The number of halogens is 1. The molecule has 3 aromatic rings. The molecule has 3 rings (SSSR count). The molecular weight excluding hydrogens is 383 g/mol. The van der Waals surface area contributed by atoms with E-state index >= 15 is 0 Å². The Morgan fingerprint density at radius 3 is 2.68 bits per heavy atom. The molecule has 0 atom stereocenters. The lowest BCUT2D eigenvalue weighted by atomic mass is 10.1. The molecule has 9 heteroatoms. The maximum atomic E-state index is 13.3. The normalized spacial score (nSPS) is 11.6. The molecule has 148 valence electrons. The zero-order valence-electron chi connectivity index (χ0n) is 15.8. The highest BCUT2D eigenvalue weighted by Crippen LogP contribution is 2.18. The third-order valence-electron chi connectivity index (χ3n) is 4.36. The molecule has 1 aromatic heterocycles. The van der Waals surface area contributed by atoms with E-state index in [9.17, 15) is 17.6 Å². The van der Waals surface area contributed by atoms with Crippen LogP contribution < -0.4 is 10.0 Å². The van der Waals surface area contributed by atoms with Crippen molar-refractivity contribution in [1.29, 1.82) is 0 Å². The number of carbonyl (C=O) groups excluding carboxylic acids is 1. The number of nitrogens with one attached hydrogen (secondary N) is 2. The minimum atomic E-state index is -3.44. The van der Waals surface area contributed by atoms with Crippen LogP contribution in [0.3, 0.4) is 0 Å². The van der Waals surface area contributed by atoms with Crippen molar-refractivity contribution in [2.45, 2.75) is 13.3 Å². The van der Waals surface area contributed by atoms with Gasteiger partial charge in [-0.2, -0.15) is 0 Å². The standard InChI is InChI=1S/C19H21FN4O3S/c1-12-4-5-13(10-15(12)23-28(3,26)27)19(25)21-9-8-18-22-16-11-14(20)6-7-17(16)24(18)2/h4-7,10-11,23H,8-9H2,1-3H3,(H,21,25). The van der Waals surface area contributed by atoms with Gasteiger partial charge in [0.1, 0.15) is 11.6 Å². The van der Waals surface area contributed by atoms with E-state index in [1.54, 1.807) is 25.1 Å². The van der Waals surface area contributed by atoms with Gasteiger partial charge in [0.25, 0.3) is 5.91 Å². The number of amides is 1. The van der Waals surface area contributed by atoms with Crippen LogP contribution in [0, 0.1) is 12.7 Å². The van der Waals surface area contributed by atoms with Gasteiger partial charge in [-0.3, -0.25) is 9.52 Å². The van der Waals surface area contributed by atoms with Gasteiger partial charge in [-0.1, -0.05) is 6.07 Å². The van der Waals surface area contributed by atoms with Crippen molar-refractivity contribution in [1.82, 2.24) is 14.9 Å². The van der Waals surface area contributed by atoms with Crippen LogP contribution in [-0.4, -0.2) is 36.7 Å². The first-order chi connectivity index (χ1) is 13.1. The van der Waals surface area contributed by atoms with E-state index in [-0.39, 0.29) is 11.7 Å². The summed E-state index contributed by atoms with van der Waals surface area (Å²) < 4.78 is 40.5. The van der Waals surface area contributed by atoms with E-state index in [0.717, 1.165) is 17.6 Å². The quantitative estimate of drug-likeness (QED) is 0.660. The van der Waals surface area contributed by atoms with Gasteiger partial charge in [-0.05, 0) is 36.8 Å². The van der Waals surface area contributed by atoms with E-state index in [1.807, 2.05) is 11.6 Å². The Morgan fingerprint density at radius 2 is 1.96 bits per heavy atom. The molecule has 0 unspecified atom stereocenters. The monoisotopic (exact) mass is 404 g/mol. The highest BCUT2D eigenvalue weighted by molar-refractivity contribution is 7.92. The number of imidazole rings is 1. The number of aromatic nitrogens is 2. The predicted octanol–water partition coefficient (Wildman–Crippen LogP) is 2.36. The van der Waals surface area contributed by atoms with Crippen LogP contribution in [0.15, 0.2) is 36.4 Å². The summed E-state index contributed by atoms with van der Waals surface area (Å²) in [6.07, 6.45) is 1.53. The Hall–Kier alpha value is -2.94. The van der Waals surface area contributed by atoms with Gasteiger partial charge in [0.05, 0.1) is 23.0 Å². The summed E-state index contributed by atoms with van der Waals surface area (Å²) in [6.45, 7) is 2.09. The van der Waals surface area contributed by atoms with Crippen molar-refractivity contribution >= 4 is 32.7 Å². The van der Waals surface area contributed by atoms with Crippen molar-refractivity contribution in [3.8, 4) is 0 Å². The summed E-state index contributed by atoms with van der Waals surface area (Å²) in [6, 6.07) is 9.25. The molecule has 0 saturated carbocycles. The van der Waals surface area contributed by atoms with Crippen molar-refractivity contribution < 1.29 is 17.6 Å². The van der Waals surface area contributed by atoms with Gasteiger partial charge in [0.15, 0.2) is 0 Å². The van der Waals surface area contributed by atoms with Gasteiger partial charge in [-0.15, -0.1) is 0 Å². The molecule has 0 aliphatic rings. The van der Waals surface area contributed by atoms with E-state index < -0.39 is 10.0 Å². The van der Waals surface area contributed by atoms with Crippen molar-refractivity contribution in [2.24, 2.45) is 7.05 Å². The fourth-order valence-electron chi connectivity index (χ4n) is 2.91. The van der Waals surface area contributed by atoms with E-state index in [4.69, 9.17) is 0 Å². The Kier molecular flexibility index (Phi) is 5.37. The number of benzene rings is 2. The summed E-state index contributed by atoms with van der Waals surface area (Å²) in [5.74, 6) is 0.0638. The van der Waals surface area contributed by atoms with Gasteiger partial charge in [0.2, 0.25) is 10.0 Å². The lowest BCUT2D eigenvalue weighted by Crippen LogP contribution is -2.26. The molecular formula is C19H21FN4O3S. The second-order valence-corrected chi connectivity index (χ2v) is 8.38. The first kappa shape index (κ1) is 19.8. The second kappa shape index (κ2) is 7.59.